The monoisotopic (exact) mass is 287 g/mol. The van der Waals surface area contributed by atoms with E-state index in [1.54, 1.807) is 11.8 Å². The second-order valence-corrected chi connectivity index (χ2v) is 6.10. The van der Waals surface area contributed by atoms with Crippen LogP contribution in [0.2, 0.25) is 0 Å². The molecule has 0 aliphatic heterocycles. The predicted octanol–water partition coefficient (Wildman–Crippen LogP) is 2.37. The number of amides is 1. The average molecular weight is 287 g/mol. The summed E-state index contributed by atoms with van der Waals surface area (Å²) in [6, 6.07) is -0.492. The predicted molar refractivity (Wildman–Crippen MR) is 78.1 cm³/mol. The molecule has 0 aromatic rings. The fraction of sp³-hybridized carbons (Fsp3) is 0.857. The number of nitrogens with one attached hydrogen (secondary N) is 1. The number of methoxy groups -OCH3 is 1. The van der Waals surface area contributed by atoms with Gasteiger partial charge in [0.05, 0.1) is 7.11 Å². The SMILES string of the molecule is COC(=O)[C@H](CCSC)NC(=O)CCC1CCCC1. The molecular formula is C14H25NO3S. The fourth-order valence-electron chi connectivity index (χ4n) is 2.53. The Hall–Kier alpha value is -0.710. The quantitative estimate of drug-likeness (QED) is 0.696. The Morgan fingerprint density at radius 3 is 2.63 bits per heavy atom. The topological polar surface area (TPSA) is 55.4 Å². The second-order valence-electron chi connectivity index (χ2n) is 5.11. The van der Waals surface area contributed by atoms with Gasteiger partial charge in [0, 0.05) is 6.42 Å². The lowest BCUT2D eigenvalue weighted by Gasteiger charge is -2.16. The van der Waals surface area contributed by atoms with Crippen molar-refractivity contribution in [2.24, 2.45) is 5.92 Å². The highest BCUT2D eigenvalue weighted by molar-refractivity contribution is 7.98. The molecule has 1 aliphatic carbocycles. The van der Waals surface area contributed by atoms with Crippen molar-refractivity contribution in [3.8, 4) is 0 Å². The third-order valence-corrected chi connectivity index (χ3v) is 4.33. The van der Waals surface area contributed by atoms with Gasteiger partial charge in [-0.25, -0.2) is 4.79 Å². The number of ether oxygens (including phenoxy) is 1. The normalized spacial score (nSPS) is 17.2. The molecule has 0 aromatic heterocycles. The molecule has 1 aliphatic rings. The minimum absolute atomic E-state index is 0.0246. The zero-order chi connectivity index (χ0) is 14.1. The van der Waals surface area contributed by atoms with Crippen LogP contribution < -0.4 is 5.32 Å². The molecule has 0 spiro atoms. The maximum absolute atomic E-state index is 11.9. The third kappa shape index (κ3) is 6.32. The Labute approximate surface area is 120 Å². The third-order valence-electron chi connectivity index (χ3n) is 3.69. The summed E-state index contributed by atoms with van der Waals surface area (Å²) < 4.78 is 4.73. The zero-order valence-electron chi connectivity index (χ0n) is 11.9. The Kier molecular flexibility index (Phi) is 7.94. The van der Waals surface area contributed by atoms with Crippen molar-refractivity contribution in [1.82, 2.24) is 5.32 Å². The van der Waals surface area contributed by atoms with E-state index in [0.29, 0.717) is 18.8 Å². The molecular weight excluding hydrogens is 262 g/mol. The van der Waals surface area contributed by atoms with Gasteiger partial charge in [-0.15, -0.1) is 0 Å². The minimum atomic E-state index is -0.492. The van der Waals surface area contributed by atoms with Crippen molar-refractivity contribution >= 4 is 23.6 Å². The molecule has 1 atom stereocenters. The van der Waals surface area contributed by atoms with Crippen molar-refractivity contribution in [2.45, 2.75) is 51.0 Å². The molecule has 1 fully saturated rings. The van der Waals surface area contributed by atoms with Crippen LogP contribution in [0.3, 0.4) is 0 Å². The van der Waals surface area contributed by atoms with Gasteiger partial charge in [0.25, 0.3) is 0 Å². The first-order chi connectivity index (χ1) is 9.17. The van der Waals surface area contributed by atoms with Crippen LogP contribution in [0.15, 0.2) is 0 Å². The molecule has 0 saturated heterocycles. The van der Waals surface area contributed by atoms with Crippen LogP contribution in [0.4, 0.5) is 0 Å². The average Bonchev–Trinajstić information content (AvgIpc) is 2.93. The van der Waals surface area contributed by atoms with Crippen LogP contribution in [0.1, 0.15) is 44.9 Å². The minimum Gasteiger partial charge on any atom is -0.467 e. The summed E-state index contributed by atoms with van der Waals surface area (Å²) >= 11 is 1.66. The Morgan fingerprint density at radius 1 is 1.37 bits per heavy atom. The first-order valence-electron chi connectivity index (χ1n) is 7.03. The number of carbonyl (C=O) groups excluding carboxylic acids is 2. The van der Waals surface area contributed by atoms with Gasteiger partial charge >= 0.3 is 5.97 Å². The van der Waals surface area contributed by atoms with Gasteiger partial charge in [-0.3, -0.25) is 4.79 Å². The van der Waals surface area contributed by atoms with Crippen molar-refractivity contribution in [3.05, 3.63) is 0 Å². The van der Waals surface area contributed by atoms with E-state index in [2.05, 4.69) is 5.32 Å². The van der Waals surface area contributed by atoms with Gasteiger partial charge in [-0.2, -0.15) is 11.8 Å². The van der Waals surface area contributed by atoms with Crippen LogP contribution in [-0.2, 0) is 14.3 Å². The molecule has 1 saturated carbocycles. The molecule has 19 heavy (non-hydrogen) atoms. The number of hydrogen-bond acceptors (Lipinski definition) is 4. The summed E-state index contributed by atoms with van der Waals surface area (Å²) in [6.07, 6.45) is 9.18. The van der Waals surface area contributed by atoms with Crippen LogP contribution in [-0.4, -0.2) is 37.0 Å². The van der Waals surface area contributed by atoms with E-state index in [-0.39, 0.29) is 11.9 Å². The van der Waals surface area contributed by atoms with Crippen LogP contribution in [0, 0.1) is 5.92 Å². The molecule has 1 rings (SSSR count). The maximum Gasteiger partial charge on any atom is 0.328 e. The Balaban J connectivity index is 2.30. The summed E-state index contributed by atoms with van der Waals surface area (Å²) in [5.41, 5.74) is 0. The lowest BCUT2D eigenvalue weighted by molar-refractivity contribution is -0.145. The highest BCUT2D eigenvalue weighted by atomic mass is 32.2. The fourth-order valence-corrected chi connectivity index (χ4v) is 3.00. The lowest BCUT2D eigenvalue weighted by atomic mass is 10.0. The molecule has 1 N–H and O–H groups in total. The standard InChI is InChI=1S/C14H25NO3S/c1-18-14(17)12(9-10-19-2)15-13(16)8-7-11-5-3-4-6-11/h11-12H,3-10H2,1-2H3,(H,15,16)/t12-/m0/s1. The molecule has 0 bridgehead atoms. The van der Waals surface area contributed by atoms with Crippen molar-refractivity contribution in [3.63, 3.8) is 0 Å². The van der Waals surface area contributed by atoms with Crippen molar-refractivity contribution in [2.75, 3.05) is 19.1 Å². The van der Waals surface area contributed by atoms with E-state index in [1.165, 1.54) is 32.8 Å². The van der Waals surface area contributed by atoms with E-state index in [4.69, 9.17) is 4.74 Å². The molecule has 5 heteroatoms. The van der Waals surface area contributed by atoms with E-state index < -0.39 is 6.04 Å². The van der Waals surface area contributed by atoms with Gasteiger partial charge in [0.1, 0.15) is 6.04 Å². The van der Waals surface area contributed by atoms with Gasteiger partial charge < -0.3 is 10.1 Å². The van der Waals surface area contributed by atoms with E-state index >= 15 is 0 Å². The van der Waals surface area contributed by atoms with Crippen LogP contribution >= 0.6 is 11.8 Å². The maximum atomic E-state index is 11.9. The highest BCUT2D eigenvalue weighted by Gasteiger charge is 2.22. The summed E-state index contributed by atoms with van der Waals surface area (Å²) in [7, 11) is 1.36. The molecule has 0 heterocycles. The number of rotatable bonds is 8. The molecule has 0 aromatic carbocycles. The molecule has 4 nitrogen and oxygen atoms in total. The van der Waals surface area contributed by atoms with Gasteiger partial charge in [0.15, 0.2) is 0 Å². The number of esters is 1. The highest BCUT2D eigenvalue weighted by Crippen LogP contribution is 2.28. The second kappa shape index (κ2) is 9.23. The number of thioether (sulfide) groups is 1. The van der Waals surface area contributed by atoms with Gasteiger partial charge in [-0.1, -0.05) is 25.7 Å². The zero-order valence-corrected chi connectivity index (χ0v) is 12.8. The summed E-state index contributed by atoms with van der Waals surface area (Å²) in [5, 5.41) is 2.80. The number of hydrogen-bond donors (Lipinski definition) is 1. The largest absolute Gasteiger partial charge is 0.467 e. The van der Waals surface area contributed by atoms with E-state index in [0.717, 1.165) is 12.2 Å². The Morgan fingerprint density at radius 2 is 2.05 bits per heavy atom. The van der Waals surface area contributed by atoms with E-state index in [1.807, 2.05) is 6.26 Å². The molecule has 0 radical (unpaired) electrons. The first-order valence-corrected chi connectivity index (χ1v) is 8.43. The molecule has 1 amide bonds. The lowest BCUT2D eigenvalue weighted by Crippen LogP contribution is -2.41. The van der Waals surface area contributed by atoms with Crippen LogP contribution in [0.25, 0.3) is 0 Å². The first kappa shape index (κ1) is 16.3. The summed E-state index contributed by atoms with van der Waals surface area (Å²) in [4.78, 5) is 23.4. The van der Waals surface area contributed by atoms with E-state index in [9.17, 15) is 9.59 Å². The summed E-state index contributed by atoms with van der Waals surface area (Å²) in [6.45, 7) is 0. The summed E-state index contributed by atoms with van der Waals surface area (Å²) in [5.74, 6) is 1.17. The van der Waals surface area contributed by atoms with Crippen molar-refractivity contribution in [1.29, 1.82) is 0 Å². The number of carbonyl (C=O) groups is 2. The van der Waals surface area contributed by atoms with Crippen molar-refractivity contribution < 1.29 is 14.3 Å². The molecule has 110 valence electrons. The Bertz CT molecular complexity index is 290. The smallest absolute Gasteiger partial charge is 0.328 e. The molecule has 0 unspecified atom stereocenters. The van der Waals surface area contributed by atoms with Gasteiger partial charge in [-0.05, 0) is 30.8 Å². The van der Waals surface area contributed by atoms with Gasteiger partial charge in [0.2, 0.25) is 5.91 Å². The van der Waals surface area contributed by atoms with Crippen LogP contribution in [0.5, 0.6) is 0 Å².